The van der Waals surface area contributed by atoms with E-state index in [1.807, 2.05) is 6.92 Å². The van der Waals surface area contributed by atoms with Crippen LogP contribution in [0.15, 0.2) is 18.2 Å². The van der Waals surface area contributed by atoms with Crippen molar-refractivity contribution >= 4 is 41.1 Å². The summed E-state index contributed by atoms with van der Waals surface area (Å²) in [6.45, 7) is 1.83. The fraction of sp³-hybridized carbons (Fsp3) is 0.444. The third-order valence-electron chi connectivity index (χ3n) is 4.62. The zero-order valence-corrected chi connectivity index (χ0v) is 16.6. The summed E-state index contributed by atoms with van der Waals surface area (Å²) in [6.07, 6.45) is -2.46. The number of aliphatic hydroxyl groups is 1. The first-order chi connectivity index (χ1) is 13.6. The molecule has 4 amide bonds. The van der Waals surface area contributed by atoms with Crippen LogP contribution in [0.1, 0.15) is 30.1 Å². The highest BCUT2D eigenvalue weighted by atomic mass is 35.5. The fourth-order valence-electron chi connectivity index (χ4n) is 3.24. The number of aliphatic hydroxyl groups excluding tert-OH is 1. The number of nitrogens with one attached hydrogen (secondary N) is 4. The molecule has 0 radical (unpaired) electrons. The lowest BCUT2D eigenvalue weighted by Gasteiger charge is -2.25. The van der Waals surface area contributed by atoms with Gasteiger partial charge in [-0.15, -0.1) is 0 Å². The lowest BCUT2D eigenvalue weighted by Crippen LogP contribution is -2.51. The molecular weight excluding hydrogens is 404 g/mol. The maximum atomic E-state index is 12.8. The number of benzene rings is 1. The van der Waals surface area contributed by atoms with E-state index in [1.54, 1.807) is 0 Å². The van der Waals surface area contributed by atoms with Crippen LogP contribution in [-0.2, 0) is 9.59 Å². The minimum absolute atomic E-state index is 0.0141. The molecule has 6 N–H and O–H groups in total. The van der Waals surface area contributed by atoms with Crippen molar-refractivity contribution in [2.75, 3.05) is 12.4 Å². The van der Waals surface area contributed by atoms with Crippen molar-refractivity contribution in [3.05, 3.63) is 28.8 Å². The van der Waals surface area contributed by atoms with Gasteiger partial charge in [-0.25, -0.2) is 4.79 Å². The number of carbonyl (C=O) groups is 4. The van der Waals surface area contributed by atoms with Crippen molar-refractivity contribution in [2.24, 2.45) is 5.92 Å². The summed E-state index contributed by atoms with van der Waals surface area (Å²) in [6, 6.07) is 2.85. The van der Waals surface area contributed by atoms with Crippen LogP contribution < -0.4 is 21.3 Å². The van der Waals surface area contributed by atoms with Gasteiger partial charge in [-0.05, 0) is 38.0 Å². The summed E-state index contributed by atoms with van der Waals surface area (Å²) in [5.41, 5.74) is -0.0990. The normalized spacial score (nSPS) is 20.3. The van der Waals surface area contributed by atoms with Crippen LogP contribution >= 0.6 is 11.6 Å². The van der Waals surface area contributed by atoms with E-state index in [-0.39, 0.29) is 34.6 Å². The number of amides is 4. The van der Waals surface area contributed by atoms with E-state index in [0.29, 0.717) is 6.42 Å². The number of hydrogen-bond donors (Lipinski definition) is 6. The highest BCUT2D eigenvalue weighted by Crippen LogP contribution is 2.24. The molecule has 29 heavy (non-hydrogen) atoms. The summed E-state index contributed by atoms with van der Waals surface area (Å²) in [4.78, 5) is 47.8. The highest BCUT2D eigenvalue weighted by Gasteiger charge is 2.36. The number of rotatable bonds is 7. The maximum absolute atomic E-state index is 12.8. The molecule has 1 aromatic rings. The smallest absolute Gasteiger partial charge is 0.409 e. The van der Waals surface area contributed by atoms with Crippen molar-refractivity contribution in [3.8, 4) is 0 Å². The topological polar surface area (TPSA) is 157 Å². The average molecular weight is 427 g/mol. The van der Waals surface area contributed by atoms with Crippen LogP contribution in [-0.4, -0.2) is 59.3 Å². The maximum Gasteiger partial charge on any atom is 0.409 e. The molecule has 0 aromatic heterocycles. The van der Waals surface area contributed by atoms with E-state index >= 15 is 0 Å². The van der Waals surface area contributed by atoms with E-state index in [9.17, 15) is 24.3 Å². The van der Waals surface area contributed by atoms with Crippen LogP contribution in [0, 0.1) is 5.92 Å². The first kappa shape index (κ1) is 22.4. The minimum Gasteiger partial charge on any atom is -0.465 e. The van der Waals surface area contributed by atoms with Gasteiger partial charge >= 0.3 is 6.09 Å². The Labute approximate surface area is 172 Å². The Morgan fingerprint density at radius 3 is 2.59 bits per heavy atom. The molecule has 1 aliphatic heterocycles. The van der Waals surface area contributed by atoms with E-state index in [1.165, 1.54) is 25.2 Å². The van der Waals surface area contributed by atoms with Gasteiger partial charge in [0.1, 0.15) is 0 Å². The Hall–Kier alpha value is -2.85. The quantitative estimate of drug-likeness (QED) is 0.373. The van der Waals surface area contributed by atoms with Crippen LogP contribution in [0.5, 0.6) is 0 Å². The van der Waals surface area contributed by atoms with E-state index < -0.39 is 36.0 Å². The molecule has 2 unspecified atom stereocenters. The standard InChI is InChI=1S/C18H23ClN4O6/c1-8-5-9(15(25)21-8)6-13(14(24)17(27)20-2)22-16(26)11-7-10(19)3-4-12(11)23-18(28)29/h3-4,7-9,13-14,23-24H,5-6H2,1-2H3,(H,20,27)(H,21,25)(H,22,26)(H,28,29)/t8-,9+,13?,14?/m1/s1. The van der Waals surface area contributed by atoms with Gasteiger partial charge in [-0.1, -0.05) is 11.6 Å². The number of carboxylic acid groups (broad SMARTS) is 1. The van der Waals surface area contributed by atoms with Gasteiger partial charge in [0, 0.05) is 24.0 Å². The van der Waals surface area contributed by atoms with Crippen LogP contribution in [0.25, 0.3) is 0 Å². The number of likely N-dealkylation sites (N-methyl/N-ethyl adjacent to an activating group) is 1. The van der Waals surface area contributed by atoms with E-state index in [2.05, 4.69) is 21.3 Å². The molecular formula is C18H23ClN4O6. The highest BCUT2D eigenvalue weighted by molar-refractivity contribution is 6.31. The Morgan fingerprint density at radius 1 is 1.34 bits per heavy atom. The van der Waals surface area contributed by atoms with Gasteiger partial charge in [0.25, 0.3) is 11.8 Å². The molecule has 158 valence electrons. The molecule has 1 fully saturated rings. The second kappa shape index (κ2) is 9.57. The summed E-state index contributed by atoms with van der Waals surface area (Å²) in [7, 11) is 1.33. The Kier molecular flexibility index (Phi) is 7.40. The first-order valence-electron chi connectivity index (χ1n) is 8.92. The van der Waals surface area contributed by atoms with Crippen molar-refractivity contribution in [3.63, 3.8) is 0 Å². The molecule has 2 rings (SSSR count). The van der Waals surface area contributed by atoms with Crippen LogP contribution in [0.2, 0.25) is 5.02 Å². The molecule has 1 aromatic carbocycles. The van der Waals surface area contributed by atoms with Gasteiger partial charge < -0.3 is 26.2 Å². The van der Waals surface area contributed by atoms with Crippen LogP contribution in [0.4, 0.5) is 10.5 Å². The lowest BCUT2D eigenvalue weighted by atomic mass is 9.93. The third kappa shape index (κ3) is 5.81. The molecule has 0 saturated carbocycles. The predicted octanol–water partition coefficient (Wildman–Crippen LogP) is 0.550. The van der Waals surface area contributed by atoms with Gasteiger partial charge in [0.15, 0.2) is 6.10 Å². The van der Waals surface area contributed by atoms with Crippen molar-refractivity contribution in [1.82, 2.24) is 16.0 Å². The zero-order valence-electron chi connectivity index (χ0n) is 15.9. The van der Waals surface area contributed by atoms with E-state index in [4.69, 9.17) is 16.7 Å². The molecule has 11 heteroatoms. The number of halogens is 1. The predicted molar refractivity (Wildman–Crippen MR) is 105 cm³/mol. The first-order valence-corrected chi connectivity index (χ1v) is 9.30. The molecule has 0 bridgehead atoms. The monoisotopic (exact) mass is 426 g/mol. The molecule has 1 heterocycles. The zero-order chi connectivity index (χ0) is 21.7. The van der Waals surface area contributed by atoms with Crippen molar-refractivity contribution in [1.29, 1.82) is 0 Å². The second-order valence-electron chi connectivity index (χ2n) is 6.84. The van der Waals surface area contributed by atoms with Crippen LogP contribution in [0.3, 0.4) is 0 Å². The molecule has 4 atom stereocenters. The minimum atomic E-state index is -1.61. The number of hydrogen-bond acceptors (Lipinski definition) is 5. The molecule has 1 aliphatic rings. The van der Waals surface area contributed by atoms with Gasteiger partial charge in [0.05, 0.1) is 17.3 Å². The fourth-order valence-corrected chi connectivity index (χ4v) is 3.41. The largest absolute Gasteiger partial charge is 0.465 e. The lowest BCUT2D eigenvalue weighted by molar-refractivity contribution is -0.131. The Balaban J connectivity index is 2.27. The Bertz CT molecular complexity index is 818. The van der Waals surface area contributed by atoms with Gasteiger partial charge in [-0.2, -0.15) is 0 Å². The molecule has 10 nitrogen and oxygen atoms in total. The average Bonchev–Trinajstić information content (AvgIpc) is 2.97. The number of anilines is 1. The van der Waals surface area contributed by atoms with Crippen molar-refractivity contribution in [2.45, 2.75) is 38.0 Å². The van der Waals surface area contributed by atoms with Gasteiger partial charge in [0.2, 0.25) is 5.91 Å². The summed E-state index contributed by atoms with van der Waals surface area (Å²) >= 11 is 5.92. The summed E-state index contributed by atoms with van der Waals surface area (Å²) in [5.74, 6) is -2.20. The summed E-state index contributed by atoms with van der Waals surface area (Å²) < 4.78 is 0. The molecule has 0 spiro atoms. The Morgan fingerprint density at radius 2 is 2.03 bits per heavy atom. The SMILES string of the molecule is CNC(=O)C(O)C(C[C@@H]1C[C@@H](C)NC1=O)NC(=O)c1cc(Cl)ccc1NC(=O)O. The summed E-state index contributed by atoms with van der Waals surface area (Å²) in [5, 5.41) is 29.2. The molecule has 1 saturated heterocycles. The third-order valence-corrected chi connectivity index (χ3v) is 4.85. The second-order valence-corrected chi connectivity index (χ2v) is 7.27. The number of carbonyl (C=O) groups excluding carboxylic acids is 3. The van der Waals surface area contributed by atoms with Gasteiger partial charge in [-0.3, -0.25) is 19.7 Å². The molecule has 0 aliphatic carbocycles. The van der Waals surface area contributed by atoms with Crippen molar-refractivity contribution < 1.29 is 29.4 Å². The van der Waals surface area contributed by atoms with E-state index in [0.717, 1.165) is 0 Å².